The van der Waals surface area contributed by atoms with Crippen LogP contribution in [0.2, 0.25) is 5.02 Å². The lowest BCUT2D eigenvalue weighted by Gasteiger charge is -2.16. The Morgan fingerprint density at radius 2 is 1.68 bits per heavy atom. The van der Waals surface area contributed by atoms with Gasteiger partial charge in [0.15, 0.2) is 0 Å². The van der Waals surface area contributed by atoms with Crippen molar-refractivity contribution < 1.29 is 0 Å². The second-order valence-electron chi connectivity index (χ2n) is 4.72. The predicted octanol–water partition coefficient (Wildman–Crippen LogP) is 3.80. The van der Waals surface area contributed by atoms with Crippen molar-refractivity contribution in [3.8, 4) is 0 Å². The molecular weight excluding hydrogens is 256 g/mol. The maximum atomic E-state index is 5.90. The van der Waals surface area contributed by atoms with Gasteiger partial charge in [-0.05, 0) is 67.1 Å². The molecule has 2 N–H and O–H groups in total. The monoisotopic (exact) mass is 274 g/mol. The quantitative estimate of drug-likeness (QED) is 0.870. The molecule has 2 rings (SSSR count). The summed E-state index contributed by atoms with van der Waals surface area (Å²) >= 11 is 5.90. The summed E-state index contributed by atoms with van der Waals surface area (Å²) in [5.74, 6) is 0.503. The number of benzene rings is 1. The first kappa shape index (κ1) is 14.0. The van der Waals surface area contributed by atoms with Crippen LogP contribution in [0.3, 0.4) is 0 Å². The number of pyridine rings is 1. The molecule has 0 bridgehead atoms. The number of aromatic nitrogens is 1. The minimum Gasteiger partial charge on any atom is -0.330 e. The molecule has 19 heavy (non-hydrogen) atoms. The van der Waals surface area contributed by atoms with Crippen LogP contribution in [0.4, 0.5) is 0 Å². The third-order valence-corrected chi connectivity index (χ3v) is 3.64. The van der Waals surface area contributed by atoms with Crippen molar-refractivity contribution in [2.24, 2.45) is 5.73 Å². The van der Waals surface area contributed by atoms with Crippen molar-refractivity contribution in [2.45, 2.75) is 25.2 Å². The molecule has 0 radical (unpaired) electrons. The Morgan fingerprint density at radius 1 is 1.00 bits per heavy atom. The Labute approximate surface area is 119 Å². The average molecular weight is 275 g/mol. The molecule has 0 aliphatic rings. The van der Waals surface area contributed by atoms with Crippen molar-refractivity contribution in [3.05, 3.63) is 64.9 Å². The number of hydrogen-bond acceptors (Lipinski definition) is 2. The van der Waals surface area contributed by atoms with Crippen LogP contribution in [0.25, 0.3) is 0 Å². The van der Waals surface area contributed by atoms with E-state index in [1.165, 1.54) is 11.1 Å². The molecule has 2 nitrogen and oxygen atoms in total. The summed E-state index contributed by atoms with van der Waals surface area (Å²) in [4.78, 5) is 4.07. The van der Waals surface area contributed by atoms with Gasteiger partial charge in [0.1, 0.15) is 0 Å². The Hall–Kier alpha value is -1.38. The number of aryl methyl sites for hydroxylation is 1. The van der Waals surface area contributed by atoms with Gasteiger partial charge in [0, 0.05) is 17.4 Å². The lowest BCUT2D eigenvalue weighted by Crippen LogP contribution is -2.08. The van der Waals surface area contributed by atoms with Crippen molar-refractivity contribution in [1.82, 2.24) is 4.98 Å². The number of halogens is 1. The van der Waals surface area contributed by atoms with E-state index in [0.29, 0.717) is 12.5 Å². The van der Waals surface area contributed by atoms with Crippen molar-refractivity contribution >= 4 is 11.6 Å². The third-order valence-electron chi connectivity index (χ3n) is 3.39. The smallest absolute Gasteiger partial charge is 0.0406 e. The van der Waals surface area contributed by atoms with Gasteiger partial charge in [-0.1, -0.05) is 23.7 Å². The van der Waals surface area contributed by atoms with E-state index in [-0.39, 0.29) is 0 Å². The van der Waals surface area contributed by atoms with Crippen LogP contribution in [0.5, 0.6) is 0 Å². The molecular formula is C16H19ClN2. The fourth-order valence-electron chi connectivity index (χ4n) is 2.31. The molecule has 0 spiro atoms. The van der Waals surface area contributed by atoms with Crippen LogP contribution in [0.15, 0.2) is 48.8 Å². The SMILES string of the molecule is NCCC(CCc1ccc(Cl)cc1)c1ccncc1. The van der Waals surface area contributed by atoms with E-state index in [9.17, 15) is 0 Å². The Kier molecular flexibility index (Phi) is 5.37. The van der Waals surface area contributed by atoms with Crippen molar-refractivity contribution in [3.63, 3.8) is 0 Å². The normalized spacial score (nSPS) is 12.3. The Bertz CT molecular complexity index is 482. The zero-order valence-electron chi connectivity index (χ0n) is 10.9. The van der Waals surface area contributed by atoms with Crippen LogP contribution >= 0.6 is 11.6 Å². The molecule has 0 amide bonds. The molecule has 2 aromatic rings. The topological polar surface area (TPSA) is 38.9 Å². The maximum absolute atomic E-state index is 5.90. The molecule has 3 heteroatoms. The first-order valence-corrected chi connectivity index (χ1v) is 7.02. The summed E-state index contributed by atoms with van der Waals surface area (Å²) in [5, 5.41) is 0.788. The molecule has 100 valence electrons. The lowest BCUT2D eigenvalue weighted by molar-refractivity contribution is 0.583. The largest absolute Gasteiger partial charge is 0.330 e. The highest BCUT2D eigenvalue weighted by atomic mass is 35.5. The van der Waals surface area contributed by atoms with E-state index in [0.717, 1.165) is 24.3 Å². The summed E-state index contributed by atoms with van der Waals surface area (Å²) in [6, 6.07) is 12.2. The van der Waals surface area contributed by atoms with Crippen LogP contribution in [-0.2, 0) is 6.42 Å². The molecule has 0 fully saturated rings. The summed E-state index contributed by atoms with van der Waals surface area (Å²) < 4.78 is 0. The number of nitrogens with two attached hydrogens (primary N) is 1. The number of rotatable bonds is 6. The molecule has 0 aliphatic carbocycles. The van der Waals surface area contributed by atoms with Crippen molar-refractivity contribution in [2.75, 3.05) is 6.54 Å². The minimum atomic E-state index is 0.503. The summed E-state index contributed by atoms with van der Waals surface area (Å²) in [6.07, 6.45) is 6.85. The van der Waals surface area contributed by atoms with E-state index in [1.807, 2.05) is 24.5 Å². The Morgan fingerprint density at radius 3 is 2.32 bits per heavy atom. The zero-order chi connectivity index (χ0) is 13.5. The fourth-order valence-corrected chi connectivity index (χ4v) is 2.43. The average Bonchev–Trinajstić information content (AvgIpc) is 2.46. The van der Waals surface area contributed by atoms with E-state index in [4.69, 9.17) is 17.3 Å². The summed E-state index contributed by atoms with van der Waals surface area (Å²) in [6.45, 7) is 0.716. The fraction of sp³-hybridized carbons (Fsp3) is 0.312. The van der Waals surface area contributed by atoms with Gasteiger partial charge in [-0.3, -0.25) is 4.98 Å². The zero-order valence-corrected chi connectivity index (χ0v) is 11.7. The highest BCUT2D eigenvalue weighted by Gasteiger charge is 2.10. The van der Waals surface area contributed by atoms with E-state index < -0.39 is 0 Å². The number of hydrogen-bond donors (Lipinski definition) is 1. The first-order chi connectivity index (χ1) is 9.29. The third kappa shape index (κ3) is 4.34. The van der Waals surface area contributed by atoms with Crippen LogP contribution in [0, 0.1) is 0 Å². The number of nitrogens with zero attached hydrogens (tertiary/aromatic N) is 1. The molecule has 1 heterocycles. The first-order valence-electron chi connectivity index (χ1n) is 6.64. The van der Waals surface area contributed by atoms with Gasteiger partial charge in [0.25, 0.3) is 0 Å². The Balaban J connectivity index is 1.99. The summed E-state index contributed by atoms with van der Waals surface area (Å²) in [7, 11) is 0. The standard InChI is InChI=1S/C16H19ClN2/c17-16-5-2-13(3-6-16)1-4-14(7-10-18)15-8-11-19-12-9-15/h2-3,5-6,8-9,11-12,14H,1,4,7,10,18H2. The van der Waals surface area contributed by atoms with Crippen molar-refractivity contribution in [1.29, 1.82) is 0 Å². The molecule has 0 aliphatic heterocycles. The van der Waals surface area contributed by atoms with Gasteiger partial charge in [0.05, 0.1) is 0 Å². The second kappa shape index (κ2) is 7.27. The molecule has 0 saturated carbocycles. The van der Waals surface area contributed by atoms with Gasteiger partial charge in [-0.15, -0.1) is 0 Å². The molecule has 1 unspecified atom stereocenters. The predicted molar refractivity (Wildman–Crippen MR) is 80.4 cm³/mol. The van der Waals surface area contributed by atoms with Crippen LogP contribution in [-0.4, -0.2) is 11.5 Å². The van der Waals surface area contributed by atoms with Gasteiger partial charge < -0.3 is 5.73 Å². The van der Waals surface area contributed by atoms with Gasteiger partial charge >= 0.3 is 0 Å². The van der Waals surface area contributed by atoms with E-state index in [2.05, 4.69) is 29.2 Å². The van der Waals surface area contributed by atoms with Crippen LogP contribution < -0.4 is 5.73 Å². The van der Waals surface area contributed by atoms with Gasteiger partial charge in [-0.25, -0.2) is 0 Å². The molecule has 1 aromatic heterocycles. The maximum Gasteiger partial charge on any atom is 0.0406 e. The van der Waals surface area contributed by atoms with Gasteiger partial charge in [-0.2, -0.15) is 0 Å². The minimum absolute atomic E-state index is 0.503. The molecule has 1 atom stereocenters. The molecule has 0 saturated heterocycles. The van der Waals surface area contributed by atoms with E-state index >= 15 is 0 Å². The van der Waals surface area contributed by atoms with Gasteiger partial charge in [0.2, 0.25) is 0 Å². The highest BCUT2D eigenvalue weighted by Crippen LogP contribution is 2.24. The second-order valence-corrected chi connectivity index (χ2v) is 5.16. The van der Waals surface area contributed by atoms with E-state index in [1.54, 1.807) is 0 Å². The summed E-state index contributed by atoms with van der Waals surface area (Å²) in [5.41, 5.74) is 8.37. The lowest BCUT2D eigenvalue weighted by atomic mass is 9.90. The van der Waals surface area contributed by atoms with Crippen LogP contribution in [0.1, 0.15) is 29.9 Å². The molecule has 1 aromatic carbocycles. The highest BCUT2D eigenvalue weighted by molar-refractivity contribution is 6.30.